The summed E-state index contributed by atoms with van der Waals surface area (Å²) in [6.45, 7) is 0.860. The largest absolute Gasteiger partial charge is 0.330 e. The highest BCUT2D eigenvalue weighted by atomic mass is 35.5. The van der Waals surface area contributed by atoms with Crippen LogP contribution in [-0.4, -0.2) is 24.7 Å². The summed E-state index contributed by atoms with van der Waals surface area (Å²) in [7, 11) is 0. The van der Waals surface area contributed by atoms with Crippen molar-refractivity contribution in [2.24, 2.45) is 0 Å². The molecule has 0 aliphatic carbocycles. The third-order valence-corrected chi connectivity index (χ3v) is 5.67. The maximum atomic E-state index is 13.0. The lowest BCUT2D eigenvalue weighted by atomic mass is 10.2. The van der Waals surface area contributed by atoms with Gasteiger partial charge in [0.05, 0.1) is 25.0 Å². The monoisotopic (exact) mass is 508 g/mol. The normalized spacial score (nSPS) is 10.9. The molecule has 0 saturated carbocycles. The molecule has 32 heavy (non-hydrogen) atoms. The fourth-order valence-electron chi connectivity index (χ4n) is 2.97. The number of thiocarbonyl (C=S) groups is 1. The molecule has 164 valence electrons. The Balaban J connectivity index is 1.37. The average molecular weight is 510 g/mol. The van der Waals surface area contributed by atoms with Crippen LogP contribution < -0.4 is 10.6 Å². The number of hydrogen-bond acceptors (Lipinski definition) is 3. The van der Waals surface area contributed by atoms with Crippen LogP contribution in [0.15, 0.2) is 61.1 Å². The van der Waals surface area contributed by atoms with Crippen molar-refractivity contribution in [3.63, 3.8) is 0 Å². The van der Waals surface area contributed by atoms with Crippen molar-refractivity contribution in [3.8, 4) is 0 Å². The van der Waals surface area contributed by atoms with Gasteiger partial charge in [-0.15, -0.1) is 0 Å². The van der Waals surface area contributed by atoms with E-state index < -0.39 is 0 Å². The lowest BCUT2D eigenvalue weighted by molar-refractivity contribution is 0.624. The van der Waals surface area contributed by atoms with Gasteiger partial charge in [0.2, 0.25) is 0 Å². The topological polar surface area (TPSA) is 59.7 Å². The fourth-order valence-corrected chi connectivity index (χ4v) is 3.90. The molecule has 2 aromatic carbocycles. The van der Waals surface area contributed by atoms with E-state index in [9.17, 15) is 4.39 Å². The van der Waals surface area contributed by atoms with Gasteiger partial charge in [-0.3, -0.25) is 9.36 Å². The van der Waals surface area contributed by atoms with E-state index in [1.165, 1.54) is 12.1 Å². The second kappa shape index (κ2) is 9.87. The summed E-state index contributed by atoms with van der Waals surface area (Å²) in [5.41, 5.74) is 2.36. The minimum atomic E-state index is -0.274. The average Bonchev–Trinajstić information content (AvgIpc) is 3.32. The van der Waals surface area contributed by atoms with Crippen LogP contribution in [0, 0.1) is 5.82 Å². The first-order valence-corrected chi connectivity index (χ1v) is 10.9. The van der Waals surface area contributed by atoms with E-state index in [4.69, 9.17) is 47.0 Å². The zero-order valence-electron chi connectivity index (χ0n) is 16.4. The Labute approximate surface area is 203 Å². The highest BCUT2D eigenvalue weighted by Crippen LogP contribution is 2.27. The van der Waals surface area contributed by atoms with Crippen LogP contribution in [0.1, 0.15) is 11.1 Å². The number of hydrogen-bond donors (Lipinski definition) is 2. The molecule has 0 bridgehead atoms. The quantitative estimate of drug-likeness (QED) is 0.308. The first-order valence-electron chi connectivity index (χ1n) is 9.38. The molecule has 6 nitrogen and oxygen atoms in total. The third-order valence-electron chi connectivity index (χ3n) is 4.48. The van der Waals surface area contributed by atoms with Gasteiger partial charge in [-0.2, -0.15) is 10.2 Å². The van der Waals surface area contributed by atoms with Crippen LogP contribution in [0.4, 0.5) is 15.9 Å². The molecule has 0 fully saturated rings. The number of aromatic nitrogens is 4. The number of benzene rings is 2. The maximum Gasteiger partial charge on any atom is 0.176 e. The van der Waals surface area contributed by atoms with E-state index in [0.29, 0.717) is 44.8 Å². The summed E-state index contributed by atoms with van der Waals surface area (Å²) in [6.07, 6.45) is 5.08. The van der Waals surface area contributed by atoms with Crippen LogP contribution in [0.2, 0.25) is 15.1 Å². The summed E-state index contributed by atoms with van der Waals surface area (Å²) in [4.78, 5) is 0. The lowest BCUT2D eigenvalue weighted by Gasteiger charge is -2.08. The highest BCUT2D eigenvalue weighted by molar-refractivity contribution is 7.80. The molecule has 0 amide bonds. The van der Waals surface area contributed by atoms with Crippen LogP contribution in [0.25, 0.3) is 0 Å². The van der Waals surface area contributed by atoms with Gasteiger partial charge in [0.15, 0.2) is 10.9 Å². The van der Waals surface area contributed by atoms with Crippen LogP contribution in [-0.2, 0) is 13.1 Å². The lowest BCUT2D eigenvalue weighted by Crippen LogP contribution is -2.19. The van der Waals surface area contributed by atoms with Crippen molar-refractivity contribution in [2.45, 2.75) is 13.1 Å². The maximum absolute atomic E-state index is 13.0. The summed E-state index contributed by atoms with van der Waals surface area (Å²) in [5.74, 6) is 0.120. The van der Waals surface area contributed by atoms with E-state index in [0.717, 1.165) is 11.1 Å². The molecule has 0 saturated heterocycles. The molecule has 2 aromatic heterocycles. The van der Waals surface area contributed by atoms with Crippen molar-refractivity contribution < 1.29 is 4.39 Å². The summed E-state index contributed by atoms with van der Waals surface area (Å²) >= 11 is 24.1. The minimum Gasteiger partial charge on any atom is -0.330 e. The SMILES string of the molecule is Fc1ccc(Cn2cc(NC(=S)Nc3nn(Cc4c(Cl)cccc4Cl)cc3Cl)cn2)cc1. The van der Waals surface area contributed by atoms with Gasteiger partial charge in [-0.25, -0.2) is 4.39 Å². The van der Waals surface area contributed by atoms with Crippen molar-refractivity contribution in [3.05, 3.63) is 93.1 Å². The van der Waals surface area contributed by atoms with Gasteiger partial charge in [0.25, 0.3) is 0 Å². The van der Waals surface area contributed by atoms with Crippen molar-refractivity contribution >= 4 is 63.6 Å². The Hall–Kier alpha value is -2.65. The van der Waals surface area contributed by atoms with Gasteiger partial charge >= 0.3 is 0 Å². The number of halogens is 4. The van der Waals surface area contributed by atoms with E-state index >= 15 is 0 Å². The molecule has 0 aliphatic heterocycles. The van der Waals surface area contributed by atoms with Crippen LogP contribution in [0.5, 0.6) is 0 Å². The predicted molar refractivity (Wildman–Crippen MR) is 130 cm³/mol. The Bertz CT molecular complexity index is 1230. The van der Waals surface area contributed by atoms with Crippen molar-refractivity contribution in [1.29, 1.82) is 0 Å². The number of nitrogens with zero attached hydrogens (tertiary/aromatic N) is 4. The van der Waals surface area contributed by atoms with Crippen molar-refractivity contribution in [2.75, 3.05) is 10.6 Å². The number of nitrogens with one attached hydrogen (secondary N) is 2. The zero-order valence-corrected chi connectivity index (χ0v) is 19.5. The van der Waals surface area contributed by atoms with Gasteiger partial charge < -0.3 is 10.6 Å². The number of rotatable bonds is 6. The summed E-state index contributed by atoms with van der Waals surface area (Å²) in [5, 5.41) is 16.5. The smallest absolute Gasteiger partial charge is 0.176 e. The molecule has 2 N–H and O–H groups in total. The van der Waals surface area contributed by atoms with E-state index in [1.54, 1.807) is 58.3 Å². The molecular weight excluding hydrogens is 494 g/mol. The molecule has 0 spiro atoms. The summed E-state index contributed by atoms with van der Waals surface area (Å²) < 4.78 is 16.4. The van der Waals surface area contributed by atoms with E-state index in [1.807, 2.05) is 0 Å². The van der Waals surface area contributed by atoms with Crippen LogP contribution in [0.3, 0.4) is 0 Å². The van der Waals surface area contributed by atoms with Gasteiger partial charge in [0.1, 0.15) is 10.8 Å². The second-order valence-electron chi connectivity index (χ2n) is 6.86. The fraction of sp³-hybridized carbons (Fsp3) is 0.0952. The predicted octanol–water partition coefficient (Wildman–Crippen LogP) is 6.08. The molecule has 11 heteroatoms. The first-order chi connectivity index (χ1) is 15.4. The Morgan fingerprint density at radius 1 is 0.906 bits per heavy atom. The molecule has 0 atom stereocenters. The molecule has 0 radical (unpaired) electrons. The third kappa shape index (κ3) is 5.58. The Morgan fingerprint density at radius 3 is 2.34 bits per heavy atom. The second-order valence-corrected chi connectivity index (χ2v) is 8.49. The first kappa shape index (κ1) is 22.5. The Kier molecular flexibility index (Phi) is 6.95. The molecule has 4 aromatic rings. The van der Waals surface area contributed by atoms with Crippen molar-refractivity contribution in [1.82, 2.24) is 19.6 Å². The summed E-state index contributed by atoms with van der Waals surface area (Å²) in [6, 6.07) is 11.6. The highest BCUT2D eigenvalue weighted by Gasteiger charge is 2.12. The number of anilines is 2. The minimum absolute atomic E-state index is 0.274. The zero-order chi connectivity index (χ0) is 22.7. The van der Waals surface area contributed by atoms with E-state index in [-0.39, 0.29) is 5.82 Å². The van der Waals surface area contributed by atoms with Crippen LogP contribution >= 0.6 is 47.0 Å². The molecule has 2 heterocycles. The van der Waals surface area contributed by atoms with Gasteiger partial charge in [0, 0.05) is 28.0 Å². The van der Waals surface area contributed by atoms with Gasteiger partial charge in [-0.05, 0) is 42.0 Å². The van der Waals surface area contributed by atoms with Gasteiger partial charge in [-0.1, -0.05) is 53.0 Å². The molecule has 4 rings (SSSR count). The molecule has 0 unspecified atom stereocenters. The Morgan fingerprint density at radius 2 is 1.62 bits per heavy atom. The molecular formula is C21H16Cl3FN6S. The standard InChI is InChI=1S/C21H16Cl3FN6S/c22-17-2-1-3-18(23)16(17)11-31-12-19(24)20(29-31)28-21(32)27-15-8-26-30(10-15)9-13-4-6-14(25)7-5-13/h1-8,10,12H,9,11H2,(H2,27,28,29,32). The van der Waals surface area contributed by atoms with E-state index in [2.05, 4.69) is 20.8 Å². The molecule has 0 aliphatic rings.